The lowest BCUT2D eigenvalue weighted by Gasteiger charge is -2.26. The first-order valence-corrected chi connectivity index (χ1v) is 12.5. The summed E-state index contributed by atoms with van der Waals surface area (Å²) in [5.74, 6) is -1.22. The number of aliphatic hydroxyl groups is 2. The molecule has 32 heavy (non-hydrogen) atoms. The third-order valence-electron chi connectivity index (χ3n) is 5.58. The van der Waals surface area contributed by atoms with Gasteiger partial charge in [-0.3, -0.25) is 9.59 Å². The molecule has 5 N–H and O–H groups in total. The van der Waals surface area contributed by atoms with Crippen LogP contribution in [0.4, 0.5) is 0 Å². The number of rotatable bonds is 22. The standard InChI is InChI=1S/C24H47NO7/c1-3-5-11-15-21(32-23(28)18-17-19(25)24(29)30)20(26)14-12-9-7-6-8-10-13-16-22(27)31-4-2/h19-21,23,26,28H,3-18,25H2,1-2H3,(H,29,30)/t19?,20-,21?,23?/m1/s1. The number of carbonyl (C=O) groups is 2. The van der Waals surface area contributed by atoms with Crippen LogP contribution in [0.15, 0.2) is 0 Å². The maximum absolute atomic E-state index is 11.3. The molecule has 8 heteroatoms. The average Bonchev–Trinajstić information content (AvgIpc) is 2.75. The number of hydrogen-bond donors (Lipinski definition) is 4. The van der Waals surface area contributed by atoms with Gasteiger partial charge < -0.3 is 30.5 Å². The zero-order chi connectivity index (χ0) is 24.2. The first-order chi connectivity index (χ1) is 15.3. The highest BCUT2D eigenvalue weighted by atomic mass is 16.6. The molecule has 0 spiro atoms. The van der Waals surface area contributed by atoms with Crippen LogP contribution in [-0.2, 0) is 19.1 Å². The maximum atomic E-state index is 11.3. The molecule has 0 bridgehead atoms. The van der Waals surface area contributed by atoms with E-state index in [0.29, 0.717) is 25.9 Å². The molecule has 0 rings (SSSR count). The second-order valence-electron chi connectivity index (χ2n) is 8.53. The first-order valence-electron chi connectivity index (χ1n) is 12.5. The summed E-state index contributed by atoms with van der Waals surface area (Å²) in [4.78, 5) is 22.1. The largest absolute Gasteiger partial charge is 0.480 e. The predicted octanol–water partition coefficient (Wildman–Crippen LogP) is 3.90. The SMILES string of the molecule is CCCCCC(OC(O)CCC(N)C(=O)O)[C@H](O)CCCCCCCCCC(=O)OCC. The number of esters is 1. The van der Waals surface area contributed by atoms with Crippen molar-refractivity contribution in [3.63, 3.8) is 0 Å². The van der Waals surface area contributed by atoms with Gasteiger partial charge in [-0.05, 0) is 32.6 Å². The van der Waals surface area contributed by atoms with Crippen LogP contribution < -0.4 is 5.73 Å². The smallest absolute Gasteiger partial charge is 0.320 e. The van der Waals surface area contributed by atoms with E-state index in [2.05, 4.69) is 6.92 Å². The molecule has 0 aliphatic rings. The summed E-state index contributed by atoms with van der Waals surface area (Å²) in [7, 11) is 0. The topological polar surface area (TPSA) is 139 Å². The Morgan fingerprint density at radius 2 is 1.41 bits per heavy atom. The minimum atomic E-state index is -1.13. The lowest BCUT2D eigenvalue weighted by molar-refractivity contribution is -0.172. The Morgan fingerprint density at radius 3 is 2.00 bits per heavy atom. The first kappa shape index (κ1) is 30.8. The lowest BCUT2D eigenvalue weighted by atomic mass is 9.99. The predicted molar refractivity (Wildman–Crippen MR) is 124 cm³/mol. The van der Waals surface area contributed by atoms with Crippen LogP contribution >= 0.6 is 0 Å². The quantitative estimate of drug-likeness (QED) is 0.108. The highest BCUT2D eigenvalue weighted by molar-refractivity contribution is 5.72. The number of unbranched alkanes of at least 4 members (excludes halogenated alkanes) is 8. The van der Waals surface area contributed by atoms with Crippen molar-refractivity contribution >= 4 is 11.9 Å². The van der Waals surface area contributed by atoms with Crippen LogP contribution in [-0.4, -0.2) is 58.4 Å². The molecule has 3 unspecified atom stereocenters. The van der Waals surface area contributed by atoms with E-state index in [1.807, 2.05) is 6.92 Å². The van der Waals surface area contributed by atoms with Crippen LogP contribution in [0.3, 0.4) is 0 Å². The highest BCUT2D eigenvalue weighted by Gasteiger charge is 2.23. The van der Waals surface area contributed by atoms with Gasteiger partial charge in [0.15, 0.2) is 6.29 Å². The van der Waals surface area contributed by atoms with E-state index in [-0.39, 0.29) is 18.8 Å². The van der Waals surface area contributed by atoms with Crippen LogP contribution in [0.25, 0.3) is 0 Å². The number of aliphatic hydroxyl groups excluding tert-OH is 2. The van der Waals surface area contributed by atoms with Crippen molar-refractivity contribution in [3.8, 4) is 0 Å². The molecule has 190 valence electrons. The Kier molecular flexibility index (Phi) is 19.6. The second kappa shape index (κ2) is 20.4. The van der Waals surface area contributed by atoms with Gasteiger partial charge in [0.05, 0.1) is 18.8 Å². The van der Waals surface area contributed by atoms with Crippen molar-refractivity contribution in [3.05, 3.63) is 0 Å². The zero-order valence-corrected chi connectivity index (χ0v) is 20.2. The summed E-state index contributed by atoms with van der Waals surface area (Å²) >= 11 is 0. The van der Waals surface area contributed by atoms with E-state index in [0.717, 1.165) is 64.2 Å². The van der Waals surface area contributed by atoms with Gasteiger partial charge >= 0.3 is 11.9 Å². The van der Waals surface area contributed by atoms with E-state index < -0.39 is 30.5 Å². The lowest BCUT2D eigenvalue weighted by Crippen LogP contribution is -2.35. The zero-order valence-electron chi connectivity index (χ0n) is 20.2. The molecule has 0 aromatic carbocycles. The summed E-state index contributed by atoms with van der Waals surface area (Å²) in [6.07, 6.45) is 9.86. The molecular weight excluding hydrogens is 414 g/mol. The van der Waals surface area contributed by atoms with Crippen molar-refractivity contribution in [2.45, 2.75) is 135 Å². The fourth-order valence-electron chi connectivity index (χ4n) is 3.59. The molecule has 0 aliphatic carbocycles. The number of nitrogens with two attached hydrogens (primary N) is 1. The third-order valence-corrected chi connectivity index (χ3v) is 5.58. The molecule has 0 radical (unpaired) electrons. The van der Waals surface area contributed by atoms with E-state index >= 15 is 0 Å². The number of aliphatic carboxylic acids is 1. The van der Waals surface area contributed by atoms with Crippen molar-refractivity contribution in [1.29, 1.82) is 0 Å². The number of carboxylic acids is 1. The van der Waals surface area contributed by atoms with E-state index in [1.54, 1.807) is 0 Å². The number of hydrogen-bond acceptors (Lipinski definition) is 7. The minimum Gasteiger partial charge on any atom is -0.480 e. The summed E-state index contributed by atoms with van der Waals surface area (Å²) in [6, 6.07) is -1.03. The molecule has 0 heterocycles. The molecule has 8 nitrogen and oxygen atoms in total. The summed E-state index contributed by atoms with van der Waals surface area (Å²) < 4.78 is 10.6. The molecule has 0 aliphatic heterocycles. The fourth-order valence-corrected chi connectivity index (χ4v) is 3.59. The van der Waals surface area contributed by atoms with Gasteiger partial charge in [-0.15, -0.1) is 0 Å². The average molecular weight is 462 g/mol. The summed E-state index contributed by atoms with van der Waals surface area (Å²) in [5, 5.41) is 29.6. The molecule has 0 fully saturated rings. The molecule has 4 atom stereocenters. The molecule has 0 aromatic rings. The molecule has 0 saturated heterocycles. The monoisotopic (exact) mass is 461 g/mol. The molecule has 0 amide bonds. The third kappa shape index (κ3) is 17.3. The summed E-state index contributed by atoms with van der Waals surface area (Å²) in [5.41, 5.74) is 5.48. The van der Waals surface area contributed by atoms with E-state index in [4.69, 9.17) is 20.3 Å². The number of ether oxygens (including phenoxy) is 2. The van der Waals surface area contributed by atoms with Crippen molar-refractivity contribution in [2.24, 2.45) is 5.73 Å². The molecule has 0 aromatic heterocycles. The van der Waals surface area contributed by atoms with Gasteiger partial charge in [-0.2, -0.15) is 0 Å². The Balaban J connectivity index is 4.09. The second-order valence-corrected chi connectivity index (χ2v) is 8.53. The van der Waals surface area contributed by atoms with Gasteiger partial charge in [-0.25, -0.2) is 0 Å². The fraction of sp³-hybridized carbons (Fsp3) is 0.917. The highest BCUT2D eigenvalue weighted by Crippen LogP contribution is 2.19. The Morgan fingerprint density at radius 1 is 0.812 bits per heavy atom. The van der Waals surface area contributed by atoms with Crippen LogP contribution in [0.2, 0.25) is 0 Å². The van der Waals surface area contributed by atoms with Gasteiger partial charge in [0, 0.05) is 12.8 Å². The Bertz CT molecular complexity index is 475. The van der Waals surface area contributed by atoms with Gasteiger partial charge in [0.25, 0.3) is 0 Å². The van der Waals surface area contributed by atoms with Crippen LogP contribution in [0.5, 0.6) is 0 Å². The molecule has 0 saturated carbocycles. The van der Waals surface area contributed by atoms with Crippen LogP contribution in [0.1, 0.15) is 110 Å². The Hall–Kier alpha value is -1.22. The van der Waals surface area contributed by atoms with Crippen molar-refractivity contribution < 1.29 is 34.4 Å². The number of carbonyl (C=O) groups excluding carboxylic acids is 1. The van der Waals surface area contributed by atoms with Gasteiger partial charge in [-0.1, -0.05) is 64.7 Å². The van der Waals surface area contributed by atoms with Crippen molar-refractivity contribution in [1.82, 2.24) is 0 Å². The normalized spacial score (nSPS) is 15.2. The Labute approximate surface area is 193 Å². The number of carboxylic acid groups (broad SMARTS) is 1. The van der Waals surface area contributed by atoms with Gasteiger partial charge in [0.2, 0.25) is 0 Å². The van der Waals surface area contributed by atoms with Crippen molar-refractivity contribution in [2.75, 3.05) is 6.61 Å². The van der Waals surface area contributed by atoms with Gasteiger partial charge in [0.1, 0.15) is 6.04 Å². The maximum Gasteiger partial charge on any atom is 0.320 e. The summed E-state index contributed by atoms with van der Waals surface area (Å²) in [6.45, 7) is 4.35. The van der Waals surface area contributed by atoms with Crippen LogP contribution in [0, 0.1) is 0 Å². The van der Waals surface area contributed by atoms with E-state index in [1.165, 1.54) is 0 Å². The minimum absolute atomic E-state index is 0.118. The van der Waals surface area contributed by atoms with E-state index in [9.17, 15) is 19.8 Å². The molecular formula is C24H47NO7.